The molecule has 0 aromatic heterocycles. The maximum Gasteiger partial charge on any atom is 0.224 e. The molecule has 1 aliphatic heterocycles. The van der Waals surface area contributed by atoms with Crippen molar-refractivity contribution in [3.63, 3.8) is 0 Å². The van der Waals surface area contributed by atoms with Crippen molar-refractivity contribution in [2.45, 2.75) is 38.8 Å². The fraction of sp³-hybridized carbons (Fsp3) is 0.900. The Morgan fingerprint density at radius 3 is 2.62 bits per heavy atom. The molecular formula is C10H18N2O. The van der Waals surface area contributed by atoms with Gasteiger partial charge in [0, 0.05) is 12.1 Å². The van der Waals surface area contributed by atoms with Gasteiger partial charge in [0.25, 0.3) is 0 Å². The van der Waals surface area contributed by atoms with Crippen LogP contribution < -0.4 is 10.6 Å². The zero-order valence-corrected chi connectivity index (χ0v) is 8.34. The maximum absolute atomic E-state index is 11.7. The van der Waals surface area contributed by atoms with E-state index in [1.54, 1.807) is 0 Å². The molecule has 2 rings (SSSR count). The highest BCUT2D eigenvalue weighted by atomic mass is 16.2. The van der Waals surface area contributed by atoms with E-state index >= 15 is 0 Å². The zero-order chi connectivity index (χ0) is 9.42. The molecule has 13 heavy (non-hydrogen) atoms. The Morgan fingerprint density at radius 2 is 2.15 bits per heavy atom. The number of nitrogens with one attached hydrogen (secondary N) is 2. The van der Waals surface area contributed by atoms with Gasteiger partial charge in [-0.05, 0) is 32.2 Å². The van der Waals surface area contributed by atoms with E-state index in [0.29, 0.717) is 18.0 Å². The Kier molecular flexibility index (Phi) is 2.28. The molecule has 0 aromatic carbocycles. The van der Waals surface area contributed by atoms with E-state index < -0.39 is 0 Å². The van der Waals surface area contributed by atoms with Crippen LogP contribution in [0.25, 0.3) is 0 Å². The summed E-state index contributed by atoms with van der Waals surface area (Å²) in [6.45, 7) is 5.26. The van der Waals surface area contributed by atoms with Crippen molar-refractivity contribution in [3.05, 3.63) is 0 Å². The fourth-order valence-electron chi connectivity index (χ4n) is 2.03. The van der Waals surface area contributed by atoms with Crippen LogP contribution in [0.1, 0.15) is 26.7 Å². The Labute approximate surface area is 79.3 Å². The number of rotatable bonds is 2. The molecule has 1 aliphatic carbocycles. The van der Waals surface area contributed by atoms with E-state index in [0.717, 1.165) is 13.0 Å². The molecule has 0 radical (unpaired) electrons. The lowest BCUT2D eigenvalue weighted by atomic mass is 10.0. The summed E-state index contributed by atoms with van der Waals surface area (Å²) in [7, 11) is 0. The number of hydrogen-bond donors (Lipinski definition) is 2. The first-order valence-electron chi connectivity index (χ1n) is 5.22. The lowest BCUT2D eigenvalue weighted by Crippen LogP contribution is -2.38. The topological polar surface area (TPSA) is 41.1 Å². The molecular weight excluding hydrogens is 164 g/mol. The highest BCUT2D eigenvalue weighted by Crippen LogP contribution is 2.29. The number of hydrogen-bond acceptors (Lipinski definition) is 2. The maximum atomic E-state index is 11.7. The van der Waals surface area contributed by atoms with Gasteiger partial charge in [0.05, 0.1) is 5.92 Å². The van der Waals surface area contributed by atoms with Crippen LogP contribution in [0.3, 0.4) is 0 Å². The van der Waals surface area contributed by atoms with Crippen molar-refractivity contribution in [2.24, 2.45) is 11.8 Å². The Hall–Kier alpha value is -0.570. The van der Waals surface area contributed by atoms with Gasteiger partial charge in [-0.15, -0.1) is 0 Å². The molecule has 0 aromatic rings. The highest BCUT2D eigenvalue weighted by Gasteiger charge is 2.37. The molecule has 3 heteroatoms. The van der Waals surface area contributed by atoms with Gasteiger partial charge in [-0.1, -0.05) is 6.92 Å². The van der Waals surface area contributed by atoms with Crippen LogP contribution in [0.2, 0.25) is 0 Å². The molecule has 0 bridgehead atoms. The van der Waals surface area contributed by atoms with E-state index in [2.05, 4.69) is 24.5 Å². The molecule has 2 fully saturated rings. The SMILES string of the molecule is CC1CC1NC(=O)C1CCNC1C. The van der Waals surface area contributed by atoms with E-state index in [-0.39, 0.29) is 11.8 Å². The monoisotopic (exact) mass is 182 g/mol. The third-order valence-corrected chi connectivity index (χ3v) is 3.30. The molecule has 3 nitrogen and oxygen atoms in total. The second kappa shape index (κ2) is 3.29. The van der Waals surface area contributed by atoms with Crippen LogP contribution in [-0.2, 0) is 4.79 Å². The molecule has 1 heterocycles. The zero-order valence-electron chi connectivity index (χ0n) is 8.34. The average Bonchev–Trinajstić information content (AvgIpc) is 2.62. The Morgan fingerprint density at radius 1 is 1.46 bits per heavy atom. The first-order valence-corrected chi connectivity index (χ1v) is 5.22. The summed E-state index contributed by atoms with van der Waals surface area (Å²) in [5, 5.41) is 6.39. The van der Waals surface area contributed by atoms with Crippen molar-refractivity contribution in [1.29, 1.82) is 0 Å². The first kappa shape index (κ1) is 9.00. The molecule has 4 unspecified atom stereocenters. The van der Waals surface area contributed by atoms with E-state index in [9.17, 15) is 4.79 Å². The van der Waals surface area contributed by atoms with Crippen LogP contribution in [0.5, 0.6) is 0 Å². The van der Waals surface area contributed by atoms with Gasteiger partial charge in [-0.25, -0.2) is 0 Å². The van der Waals surface area contributed by atoms with Gasteiger partial charge < -0.3 is 10.6 Å². The Balaban J connectivity index is 1.82. The molecule has 2 N–H and O–H groups in total. The summed E-state index contributed by atoms with van der Waals surface area (Å²) in [4.78, 5) is 11.7. The van der Waals surface area contributed by atoms with Gasteiger partial charge in [0.1, 0.15) is 0 Å². The standard InChI is InChI=1S/C10H18N2O/c1-6-5-9(6)12-10(13)8-3-4-11-7(8)2/h6-9,11H,3-5H2,1-2H3,(H,12,13). The predicted molar refractivity (Wildman–Crippen MR) is 51.3 cm³/mol. The van der Waals surface area contributed by atoms with Gasteiger partial charge in [0.15, 0.2) is 0 Å². The molecule has 2 aliphatic rings. The van der Waals surface area contributed by atoms with Gasteiger partial charge in [-0.2, -0.15) is 0 Å². The smallest absolute Gasteiger partial charge is 0.224 e. The van der Waals surface area contributed by atoms with Crippen LogP contribution >= 0.6 is 0 Å². The van der Waals surface area contributed by atoms with Crippen molar-refractivity contribution in [3.8, 4) is 0 Å². The summed E-state index contributed by atoms with van der Waals surface area (Å²) in [5.41, 5.74) is 0. The third-order valence-electron chi connectivity index (χ3n) is 3.30. The molecule has 1 saturated carbocycles. The van der Waals surface area contributed by atoms with Crippen molar-refractivity contribution in [1.82, 2.24) is 10.6 Å². The minimum Gasteiger partial charge on any atom is -0.353 e. The minimum atomic E-state index is 0.202. The molecule has 74 valence electrons. The number of carbonyl (C=O) groups is 1. The summed E-state index contributed by atoms with van der Waals surface area (Å²) in [5.74, 6) is 1.16. The van der Waals surface area contributed by atoms with Gasteiger partial charge >= 0.3 is 0 Å². The van der Waals surface area contributed by atoms with Crippen LogP contribution in [0, 0.1) is 11.8 Å². The summed E-state index contributed by atoms with van der Waals surface area (Å²) >= 11 is 0. The predicted octanol–water partition coefficient (Wildman–Crippen LogP) is 0.509. The van der Waals surface area contributed by atoms with E-state index in [4.69, 9.17) is 0 Å². The molecule has 4 atom stereocenters. The van der Waals surface area contributed by atoms with Crippen LogP contribution in [0.4, 0.5) is 0 Å². The third kappa shape index (κ3) is 1.85. The number of amides is 1. The normalized spacial score (nSPS) is 43.2. The van der Waals surface area contributed by atoms with E-state index in [1.807, 2.05) is 0 Å². The Bertz CT molecular complexity index is 217. The summed E-state index contributed by atoms with van der Waals surface area (Å²) in [6.07, 6.45) is 2.16. The fourth-order valence-corrected chi connectivity index (χ4v) is 2.03. The first-order chi connectivity index (χ1) is 6.18. The highest BCUT2D eigenvalue weighted by molar-refractivity contribution is 5.80. The lowest BCUT2D eigenvalue weighted by molar-refractivity contribution is -0.125. The second-order valence-electron chi connectivity index (χ2n) is 4.47. The largest absolute Gasteiger partial charge is 0.353 e. The quantitative estimate of drug-likeness (QED) is 0.653. The van der Waals surface area contributed by atoms with Crippen molar-refractivity contribution in [2.75, 3.05) is 6.54 Å². The minimum absolute atomic E-state index is 0.202. The van der Waals surface area contributed by atoms with Crippen molar-refractivity contribution < 1.29 is 4.79 Å². The second-order valence-corrected chi connectivity index (χ2v) is 4.47. The molecule has 1 saturated heterocycles. The summed E-state index contributed by atoms with van der Waals surface area (Å²) in [6, 6.07) is 0.828. The summed E-state index contributed by atoms with van der Waals surface area (Å²) < 4.78 is 0. The van der Waals surface area contributed by atoms with Gasteiger partial charge in [-0.3, -0.25) is 4.79 Å². The molecule has 0 spiro atoms. The van der Waals surface area contributed by atoms with Gasteiger partial charge in [0.2, 0.25) is 5.91 Å². The average molecular weight is 182 g/mol. The van der Waals surface area contributed by atoms with Crippen LogP contribution in [-0.4, -0.2) is 24.5 Å². The van der Waals surface area contributed by atoms with Crippen LogP contribution in [0.15, 0.2) is 0 Å². The van der Waals surface area contributed by atoms with E-state index in [1.165, 1.54) is 6.42 Å². The molecule has 1 amide bonds. The lowest BCUT2D eigenvalue weighted by Gasteiger charge is -2.14. The van der Waals surface area contributed by atoms with Crippen molar-refractivity contribution >= 4 is 5.91 Å². The number of carbonyl (C=O) groups excluding carboxylic acids is 1.